The Balaban J connectivity index is 2.97. The third kappa shape index (κ3) is 5.58. The first-order valence-electron chi connectivity index (χ1n) is 8.34. The number of hydrogen-bond acceptors (Lipinski definition) is 3. The number of nitrogens with zero attached hydrogens (tertiary/aromatic N) is 1. The lowest BCUT2D eigenvalue weighted by molar-refractivity contribution is 0.199. The Hall–Kier alpha value is -1.13. The van der Waals surface area contributed by atoms with Crippen LogP contribution in [0.15, 0.2) is 16.9 Å². The highest BCUT2D eigenvalue weighted by atomic mass is 16.5. The van der Waals surface area contributed by atoms with Gasteiger partial charge in [-0.1, -0.05) is 46.6 Å². The predicted octanol–water partition coefficient (Wildman–Crippen LogP) is 3.07. The SMILES string of the molecule is CCCCCn1c(C(C)(C)C)ccc(CNCCOC)c1=O. The first kappa shape index (κ1) is 18.9. The fourth-order valence-corrected chi connectivity index (χ4v) is 2.55. The Bertz CT molecular complexity index is 501. The number of ether oxygens (including phenoxy) is 1. The highest BCUT2D eigenvalue weighted by Crippen LogP contribution is 2.21. The molecule has 1 N–H and O–H groups in total. The number of rotatable bonds is 9. The number of methoxy groups -OCH3 is 1. The Kier molecular flexibility index (Phi) is 7.83. The number of hydrogen-bond donors (Lipinski definition) is 1. The molecule has 1 aromatic rings. The molecule has 0 amide bonds. The lowest BCUT2D eigenvalue weighted by Crippen LogP contribution is -2.33. The van der Waals surface area contributed by atoms with E-state index in [0.29, 0.717) is 13.2 Å². The smallest absolute Gasteiger partial charge is 0.255 e. The monoisotopic (exact) mass is 308 g/mol. The predicted molar refractivity (Wildman–Crippen MR) is 92.5 cm³/mol. The standard InChI is InChI=1S/C18H32N2O2/c1-6-7-8-12-20-16(18(2,3)4)10-9-15(17(20)21)14-19-11-13-22-5/h9-10,19H,6-8,11-14H2,1-5H3. The van der Waals surface area contributed by atoms with Gasteiger partial charge >= 0.3 is 0 Å². The largest absolute Gasteiger partial charge is 0.383 e. The van der Waals surface area contributed by atoms with Crippen LogP contribution >= 0.6 is 0 Å². The molecule has 22 heavy (non-hydrogen) atoms. The van der Waals surface area contributed by atoms with Crippen molar-refractivity contribution in [3.05, 3.63) is 33.7 Å². The van der Waals surface area contributed by atoms with E-state index in [-0.39, 0.29) is 11.0 Å². The van der Waals surface area contributed by atoms with Crippen LogP contribution in [0.4, 0.5) is 0 Å². The van der Waals surface area contributed by atoms with Gasteiger partial charge in [0.05, 0.1) is 6.61 Å². The summed E-state index contributed by atoms with van der Waals surface area (Å²) in [6, 6.07) is 4.08. The number of unbranched alkanes of at least 4 members (excludes halogenated alkanes) is 2. The molecule has 4 nitrogen and oxygen atoms in total. The molecule has 0 saturated heterocycles. The van der Waals surface area contributed by atoms with Gasteiger partial charge in [0.25, 0.3) is 5.56 Å². The Morgan fingerprint density at radius 2 is 1.95 bits per heavy atom. The molecule has 0 radical (unpaired) electrons. The topological polar surface area (TPSA) is 43.3 Å². The van der Waals surface area contributed by atoms with Crippen molar-refractivity contribution < 1.29 is 4.74 Å². The quantitative estimate of drug-likeness (QED) is 0.713. The Morgan fingerprint density at radius 3 is 2.55 bits per heavy atom. The van der Waals surface area contributed by atoms with Gasteiger partial charge in [0, 0.05) is 43.4 Å². The van der Waals surface area contributed by atoms with Gasteiger partial charge in [-0.25, -0.2) is 0 Å². The van der Waals surface area contributed by atoms with Gasteiger partial charge in [-0.05, 0) is 12.5 Å². The molecule has 0 spiro atoms. The summed E-state index contributed by atoms with van der Waals surface area (Å²) in [5.74, 6) is 0. The van der Waals surface area contributed by atoms with Gasteiger partial charge in [0.1, 0.15) is 0 Å². The zero-order valence-corrected chi connectivity index (χ0v) is 14.9. The maximum atomic E-state index is 12.8. The van der Waals surface area contributed by atoms with E-state index < -0.39 is 0 Å². The fraction of sp³-hybridized carbons (Fsp3) is 0.722. The zero-order chi connectivity index (χ0) is 16.6. The molecular formula is C18H32N2O2. The second-order valence-corrected chi connectivity index (χ2v) is 6.83. The van der Waals surface area contributed by atoms with Gasteiger partial charge < -0.3 is 14.6 Å². The molecule has 1 rings (SSSR count). The molecule has 0 aliphatic heterocycles. The molecule has 0 fully saturated rings. The van der Waals surface area contributed by atoms with Crippen LogP contribution in [-0.2, 0) is 23.2 Å². The number of aromatic nitrogens is 1. The lowest BCUT2D eigenvalue weighted by atomic mass is 9.90. The molecular weight excluding hydrogens is 276 g/mol. The second kappa shape index (κ2) is 9.11. The molecule has 126 valence electrons. The summed E-state index contributed by atoms with van der Waals surface area (Å²) in [5, 5.41) is 3.26. The van der Waals surface area contributed by atoms with Crippen LogP contribution in [0.5, 0.6) is 0 Å². The third-order valence-electron chi connectivity index (χ3n) is 3.81. The van der Waals surface area contributed by atoms with E-state index in [2.05, 4.69) is 39.1 Å². The Labute approximate surface area is 134 Å². The molecule has 0 aromatic carbocycles. The van der Waals surface area contributed by atoms with Crippen molar-refractivity contribution in [2.24, 2.45) is 0 Å². The van der Waals surface area contributed by atoms with Crippen LogP contribution in [-0.4, -0.2) is 24.8 Å². The van der Waals surface area contributed by atoms with Gasteiger partial charge in [0.15, 0.2) is 0 Å². The molecule has 0 aliphatic rings. The van der Waals surface area contributed by atoms with Crippen molar-refractivity contribution in [2.45, 2.75) is 65.5 Å². The lowest BCUT2D eigenvalue weighted by Gasteiger charge is -2.25. The minimum atomic E-state index is -0.0205. The first-order valence-corrected chi connectivity index (χ1v) is 8.34. The highest BCUT2D eigenvalue weighted by molar-refractivity contribution is 5.21. The summed E-state index contributed by atoms with van der Waals surface area (Å²) in [7, 11) is 1.68. The van der Waals surface area contributed by atoms with Crippen LogP contribution in [0.1, 0.15) is 58.2 Å². The molecule has 4 heteroatoms. The maximum Gasteiger partial charge on any atom is 0.255 e. The minimum Gasteiger partial charge on any atom is -0.383 e. The van der Waals surface area contributed by atoms with E-state index in [1.165, 1.54) is 0 Å². The van der Waals surface area contributed by atoms with Crippen molar-refractivity contribution in [1.29, 1.82) is 0 Å². The zero-order valence-electron chi connectivity index (χ0n) is 14.9. The van der Waals surface area contributed by atoms with Crippen molar-refractivity contribution in [1.82, 2.24) is 9.88 Å². The molecule has 1 heterocycles. The van der Waals surface area contributed by atoms with E-state index in [4.69, 9.17) is 4.74 Å². The van der Waals surface area contributed by atoms with E-state index in [0.717, 1.165) is 43.6 Å². The van der Waals surface area contributed by atoms with Crippen LogP contribution in [0.2, 0.25) is 0 Å². The van der Waals surface area contributed by atoms with Crippen LogP contribution in [0.25, 0.3) is 0 Å². The maximum absolute atomic E-state index is 12.8. The average molecular weight is 308 g/mol. The normalized spacial score (nSPS) is 11.9. The molecule has 0 aliphatic carbocycles. The summed E-state index contributed by atoms with van der Waals surface area (Å²) in [5.41, 5.74) is 2.08. The molecule has 0 saturated carbocycles. The van der Waals surface area contributed by atoms with Crippen LogP contribution in [0, 0.1) is 0 Å². The molecule has 0 bridgehead atoms. The minimum absolute atomic E-state index is 0.0205. The van der Waals surface area contributed by atoms with E-state index in [1.54, 1.807) is 7.11 Å². The average Bonchev–Trinajstić information content (AvgIpc) is 2.45. The van der Waals surface area contributed by atoms with Crippen LogP contribution in [0.3, 0.4) is 0 Å². The summed E-state index contributed by atoms with van der Waals surface area (Å²) in [4.78, 5) is 12.8. The van der Waals surface area contributed by atoms with Gasteiger partial charge in [0.2, 0.25) is 0 Å². The summed E-state index contributed by atoms with van der Waals surface area (Å²) < 4.78 is 6.99. The fourth-order valence-electron chi connectivity index (χ4n) is 2.55. The van der Waals surface area contributed by atoms with Gasteiger partial charge in [-0.3, -0.25) is 4.79 Å². The van der Waals surface area contributed by atoms with Crippen molar-refractivity contribution in [3.8, 4) is 0 Å². The summed E-state index contributed by atoms with van der Waals surface area (Å²) >= 11 is 0. The van der Waals surface area contributed by atoms with Gasteiger partial charge in [-0.15, -0.1) is 0 Å². The van der Waals surface area contributed by atoms with Crippen molar-refractivity contribution in [3.63, 3.8) is 0 Å². The van der Waals surface area contributed by atoms with E-state index >= 15 is 0 Å². The van der Waals surface area contributed by atoms with Crippen molar-refractivity contribution >= 4 is 0 Å². The number of pyridine rings is 1. The summed E-state index contributed by atoms with van der Waals surface area (Å²) in [6.45, 7) is 11.5. The number of nitrogens with one attached hydrogen (secondary N) is 1. The second-order valence-electron chi connectivity index (χ2n) is 6.83. The Morgan fingerprint density at radius 1 is 1.23 bits per heavy atom. The molecule has 0 atom stereocenters. The highest BCUT2D eigenvalue weighted by Gasteiger charge is 2.19. The van der Waals surface area contributed by atoms with E-state index in [1.807, 2.05) is 10.6 Å². The van der Waals surface area contributed by atoms with Crippen molar-refractivity contribution in [2.75, 3.05) is 20.3 Å². The first-order chi connectivity index (χ1) is 10.4. The molecule has 1 aromatic heterocycles. The van der Waals surface area contributed by atoms with Crippen LogP contribution < -0.4 is 10.9 Å². The third-order valence-corrected chi connectivity index (χ3v) is 3.81. The van der Waals surface area contributed by atoms with E-state index in [9.17, 15) is 4.79 Å². The van der Waals surface area contributed by atoms with Gasteiger partial charge in [-0.2, -0.15) is 0 Å². The molecule has 0 unspecified atom stereocenters. The summed E-state index contributed by atoms with van der Waals surface area (Å²) in [6.07, 6.45) is 3.38.